The number of amides is 1. The minimum Gasteiger partial charge on any atom is -0.475 e. The number of halogens is 1. The van der Waals surface area contributed by atoms with Gasteiger partial charge in [-0.3, -0.25) is 4.79 Å². The van der Waals surface area contributed by atoms with E-state index in [-0.39, 0.29) is 5.91 Å². The van der Waals surface area contributed by atoms with E-state index in [0.717, 1.165) is 0 Å². The first-order valence-corrected chi connectivity index (χ1v) is 6.23. The van der Waals surface area contributed by atoms with E-state index in [0.29, 0.717) is 43.5 Å². The summed E-state index contributed by atoms with van der Waals surface area (Å²) in [5, 5.41) is 2.73. The number of hydrogen-bond donors (Lipinski definition) is 1. The van der Waals surface area contributed by atoms with Gasteiger partial charge in [-0.2, -0.15) is 0 Å². The van der Waals surface area contributed by atoms with Gasteiger partial charge < -0.3 is 14.8 Å². The molecule has 6 heteroatoms. The molecule has 0 atom stereocenters. The van der Waals surface area contributed by atoms with Gasteiger partial charge in [0.05, 0.1) is 18.5 Å². The fourth-order valence-electron chi connectivity index (χ4n) is 1.22. The molecule has 0 aliphatic heterocycles. The topological polar surface area (TPSA) is 60.5 Å². The number of hydrogen-bond acceptors (Lipinski definition) is 4. The van der Waals surface area contributed by atoms with Gasteiger partial charge in [-0.15, -0.1) is 11.6 Å². The molecule has 1 aromatic heterocycles. The summed E-state index contributed by atoms with van der Waals surface area (Å²) >= 11 is 5.51. The number of nitrogens with one attached hydrogen (secondary N) is 1. The van der Waals surface area contributed by atoms with Crippen LogP contribution in [-0.4, -0.2) is 37.1 Å². The fraction of sp³-hybridized carbons (Fsp3) is 0.500. The number of anilines is 1. The highest BCUT2D eigenvalue weighted by molar-refractivity contribution is 6.18. The Labute approximate surface area is 111 Å². The Morgan fingerprint density at radius 2 is 2.28 bits per heavy atom. The molecule has 18 heavy (non-hydrogen) atoms. The van der Waals surface area contributed by atoms with E-state index in [1.54, 1.807) is 25.4 Å². The monoisotopic (exact) mass is 272 g/mol. The minimum absolute atomic E-state index is 0.0644. The molecule has 100 valence electrons. The van der Waals surface area contributed by atoms with Crippen LogP contribution in [0.25, 0.3) is 0 Å². The Morgan fingerprint density at radius 1 is 1.44 bits per heavy atom. The number of pyridine rings is 1. The van der Waals surface area contributed by atoms with Crippen LogP contribution in [0.4, 0.5) is 5.69 Å². The summed E-state index contributed by atoms with van der Waals surface area (Å²) < 4.78 is 10.2. The molecular weight excluding hydrogens is 256 g/mol. The summed E-state index contributed by atoms with van der Waals surface area (Å²) in [4.78, 5) is 15.5. The molecule has 0 fully saturated rings. The van der Waals surface area contributed by atoms with Gasteiger partial charge in [0.1, 0.15) is 6.61 Å². The quantitative estimate of drug-likeness (QED) is 0.581. The van der Waals surface area contributed by atoms with Gasteiger partial charge in [-0.25, -0.2) is 4.98 Å². The second-order valence-electron chi connectivity index (χ2n) is 3.57. The lowest BCUT2D eigenvalue weighted by Crippen LogP contribution is -2.11. The van der Waals surface area contributed by atoms with Crippen LogP contribution in [0.5, 0.6) is 5.88 Å². The highest BCUT2D eigenvalue weighted by Crippen LogP contribution is 2.12. The SMILES string of the molecule is COCCOc1ccc(NC(=O)CCCCl)cn1. The van der Waals surface area contributed by atoms with Crippen LogP contribution < -0.4 is 10.1 Å². The van der Waals surface area contributed by atoms with Gasteiger partial charge >= 0.3 is 0 Å². The van der Waals surface area contributed by atoms with E-state index in [2.05, 4.69) is 10.3 Å². The zero-order valence-electron chi connectivity index (χ0n) is 10.3. The van der Waals surface area contributed by atoms with Crippen molar-refractivity contribution in [2.24, 2.45) is 0 Å². The summed E-state index contributed by atoms with van der Waals surface area (Å²) in [5.74, 6) is 0.925. The number of rotatable bonds is 8. The first-order valence-electron chi connectivity index (χ1n) is 5.70. The van der Waals surface area contributed by atoms with Gasteiger partial charge in [0.15, 0.2) is 0 Å². The van der Waals surface area contributed by atoms with Crippen LogP contribution in [0.2, 0.25) is 0 Å². The van der Waals surface area contributed by atoms with E-state index in [1.807, 2.05) is 0 Å². The van der Waals surface area contributed by atoms with Crippen LogP contribution in [-0.2, 0) is 9.53 Å². The molecule has 0 bridgehead atoms. The van der Waals surface area contributed by atoms with Crippen molar-refractivity contribution in [2.45, 2.75) is 12.8 Å². The van der Waals surface area contributed by atoms with Crippen LogP contribution >= 0.6 is 11.6 Å². The number of nitrogens with zero attached hydrogens (tertiary/aromatic N) is 1. The van der Waals surface area contributed by atoms with Crippen molar-refractivity contribution in [2.75, 3.05) is 31.5 Å². The predicted molar refractivity (Wildman–Crippen MR) is 70.2 cm³/mol. The third-order valence-corrected chi connectivity index (χ3v) is 2.36. The largest absolute Gasteiger partial charge is 0.475 e. The Hall–Kier alpha value is -1.33. The van der Waals surface area contributed by atoms with Gasteiger partial charge in [0, 0.05) is 25.5 Å². The maximum absolute atomic E-state index is 11.4. The van der Waals surface area contributed by atoms with Crippen LogP contribution in [0.15, 0.2) is 18.3 Å². The van der Waals surface area contributed by atoms with Gasteiger partial charge in [-0.1, -0.05) is 0 Å². The van der Waals surface area contributed by atoms with E-state index < -0.39 is 0 Å². The fourth-order valence-corrected chi connectivity index (χ4v) is 1.35. The Kier molecular flexibility index (Phi) is 7.13. The molecule has 1 N–H and O–H groups in total. The Bertz CT molecular complexity index is 357. The molecule has 5 nitrogen and oxygen atoms in total. The molecule has 0 saturated heterocycles. The lowest BCUT2D eigenvalue weighted by molar-refractivity contribution is -0.116. The van der Waals surface area contributed by atoms with Crippen molar-refractivity contribution < 1.29 is 14.3 Å². The second kappa shape index (κ2) is 8.72. The molecule has 0 aliphatic carbocycles. The van der Waals surface area contributed by atoms with Crippen LogP contribution in [0, 0.1) is 0 Å². The summed E-state index contributed by atoms with van der Waals surface area (Å²) in [6.45, 7) is 0.962. The van der Waals surface area contributed by atoms with E-state index in [4.69, 9.17) is 21.1 Å². The average Bonchev–Trinajstić information content (AvgIpc) is 2.39. The van der Waals surface area contributed by atoms with Gasteiger partial charge in [-0.05, 0) is 12.5 Å². The predicted octanol–water partition coefficient (Wildman–Crippen LogP) is 2.06. The summed E-state index contributed by atoms with van der Waals surface area (Å²) in [6, 6.07) is 3.44. The highest BCUT2D eigenvalue weighted by Gasteiger charge is 2.02. The van der Waals surface area contributed by atoms with Crippen molar-refractivity contribution in [3.8, 4) is 5.88 Å². The lowest BCUT2D eigenvalue weighted by Gasteiger charge is -2.06. The number of methoxy groups -OCH3 is 1. The molecule has 1 amide bonds. The van der Waals surface area contributed by atoms with E-state index in [9.17, 15) is 4.79 Å². The number of carbonyl (C=O) groups is 1. The molecule has 0 aliphatic rings. The van der Waals surface area contributed by atoms with Crippen molar-refractivity contribution >= 4 is 23.2 Å². The number of alkyl halides is 1. The molecule has 0 spiro atoms. The van der Waals surface area contributed by atoms with Crippen molar-refractivity contribution in [3.63, 3.8) is 0 Å². The molecule has 1 rings (SSSR count). The molecule has 0 radical (unpaired) electrons. The van der Waals surface area contributed by atoms with E-state index in [1.165, 1.54) is 0 Å². The van der Waals surface area contributed by atoms with Crippen molar-refractivity contribution in [1.29, 1.82) is 0 Å². The molecule has 0 saturated carbocycles. The van der Waals surface area contributed by atoms with Crippen LogP contribution in [0.3, 0.4) is 0 Å². The Morgan fingerprint density at radius 3 is 2.89 bits per heavy atom. The zero-order valence-corrected chi connectivity index (χ0v) is 11.1. The van der Waals surface area contributed by atoms with Gasteiger partial charge in [0.2, 0.25) is 11.8 Å². The average molecular weight is 273 g/mol. The molecule has 0 unspecified atom stereocenters. The maximum atomic E-state index is 11.4. The zero-order chi connectivity index (χ0) is 13.2. The van der Waals surface area contributed by atoms with Crippen molar-refractivity contribution in [1.82, 2.24) is 4.98 Å². The number of carbonyl (C=O) groups excluding carboxylic acids is 1. The second-order valence-corrected chi connectivity index (χ2v) is 3.95. The minimum atomic E-state index is -0.0644. The molecule has 1 aromatic rings. The third kappa shape index (κ3) is 5.84. The number of aromatic nitrogens is 1. The lowest BCUT2D eigenvalue weighted by atomic mass is 10.3. The maximum Gasteiger partial charge on any atom is 0.224 e. The third-order valence-electron chi connectivity index (χ3n) is 2.09. The molecule has 1 heterocycles. The Balaban J connectivity index is 2.37. The standard InChI is InChI=1S/C12H17ClN2O3/c1-17-7-8-18-12-5-4-10(9-14-12)15-11(16)3-2-6-13/h4-5,9H,2-3,6-8H2,1H3,(H,15,16). The van der Waals surface area contributed by atoms with Crippen LogP contribution in [0.1, 0.15) is 12.8 Å². The highest BCUT2D eigenvalue weighted by atomic mass is 35.5. The first-order chi connectivity index (χ1) is 8.76. The first kappa shape index (κ1) is 14.7. The van der Waals surface area contributed by atoms with Crippen molar-refractivity contribution in [3.05, 3.63) is 18.3 Å². The van der Waals surface area contributed by atoms with Gasteiger partial charge in [0.25, 0.3) is 0 Å². The molecule has 0 aromatic carbocycles. The normalized spacial score (nSPS) is 10.1. The summed E-state index contributed by atoms with van der Waals surface area (Å²) in [5.41, 5.74) is 0.647. The number of ether oxygens (including phenoxy) is 2. The van der Waals surface area contributed by atoms with E-state index >= 15 is 0 Å². The molecular formula is C12H17ClN2O3. The smallest absolute Gasteiger partial charge is 0.224 e. The summed E-state index contributed by atoms with van der Waals surface area (Å²) in [6.07, 6.45) is 2.63. The summed E-state index contributed by atoms with van der Waals surface area (Å²) in [7, 11) is 1.61.